The Hall–Kier alpha value is -2.26. The molecule has 4 rings (SSSR count). The van der Waals surface area contributed by atoms with E-state index in [1.54, 1.807) is 17.5 Å². The van der Waals surface area contributed by atoms with Crippen molar-refractivity contribution < 1.29 is 9.32 Å². The van der Waals surface area contributed by atoms with Crippen LogP contribution in [-0.2, 0) is 11.2 Å². The molecule has 1 saturated heterocycles. The number of aryl methyl sites for hydroxylation is 1. The summed E-state index contributed by atoms with van der Waals surface area (Å²) in [7, 11) is 0. The van der Waals surface area contributed by atoms with Crippen LogP contribution in [0.1, 0.15) is 12.3 Å². The van der Waals surface area contributed by atoms with Crippen LogP contribution in [0.15, 0.2) is 44.8 Å². The van der Waals surface area contributed by atoms with E-state index in [1.807, 2.05) is 34.5 Å². The van der Waals surface area contributed by atoms with E-state index < -0.39 is 0 Å². The molecule has 0 N–H and O–H groups in total. The average Bonchev–Trinajstić information content (AvgIpc) is 3.38. The molecule has 7 nitrogen and oxygen atoms in total. The van der Waals surface area contributed by atoms with Gasteiger partial charge in [-0.05, 0) is 39.5 Å². The van der Waals surface area contributed by atoms with Gasteiger partial charge in [0, 0.05) is 49.7 Å². The maximum Gasteiger partial charge on any atom is 0.227 e. The summed E-state index contributed by atoms with van der Waals surface area (Å²) in [5.41, 5.74) is 0. The summed E-state index contributed by atoms with van der Waals surface area (Å²) in [5, 5.41) is 5.95. The lowest BCUT2D eigenvalue weighted by Crippen LogP contribution is -2.49. The van der Waals surface area contributed by atoms with Gasteiger partial charge in [-0.3, -0.25) is 4.79 Å². The van der Waals surface area contributed by atoms with Crippen molar-refractivity contribution in [2.24, 2.45) is 0 Å². The minimum Gasteiger partial charge on any atom is -0.353 e. The lowest BCUT2D eigenvalue weighted by molar-refractivity contribution is -0.131. The van der Waals surface area contributed by atoms with Crippen LogP contribution in [-0.4, -0.2) is 52.1 Å². The SMILES string of the molecule is O=C(CCc1nc(-c2cccs2)no1)N1CCN(c2ccc(Br)cn2)CC1. The fourth-order valence-corrected chi connectivity index (χ4v) is 3.86. The van der Waals surface area contributed by atoms with E-state index in [-0.39, 0.29) is 5.91 Å². The van der Waals surface area contributed by atoms with E-state index in [9.17, 15) is 4.79 Å². The van der Waals surface area contributed by atoms with Gasteiger partial charge < -0.3 is 14.3 Å². The highest BCUT2D eigenvalue weighted by atomic mass is 79.9. The molecule has 1 fully saturated rings. The summed E-state index contributed by atoms with van der Waals surface area (Å²) >= 11 is 4.96. The molecule has 1 aliphatic heterocycles. The number of carbonyl (C=O) groups excluding carboxylic acids is 1. The van der Waals surface area contributed by atoms with Crippen molar-refractivity contribution in [2.75, 3.05) is 31.1 Å². The third-order valence-corrected chi connectivity index (χ3v) is 5.77. The van der Waals surface area contributed by atoms with Crippen LogP contribution in [0.25, 0.3) is 10.7 Å². The molecule has 0 unspecified atom stereocenters. The van der Waals surface area contributed by atoms with Crippen LogP contribution < -0.4 is 4.90 Å². The lowest BCUT2D eigenvalue weighted by Gasteiger charge is -2.35. The van der Waals surface area contributed by atoms with Crippen LogP contribution >= 0.6 is 27.3 Å². The number of hydrogen-bond donors (Lipinski definition) is 0. The molecule has 9 heteroatoms. The quantitative estimate of drug-likeness (QED) is 0.597. The minimum absolute atomic E-state index is 0.120. The van der Waals surface area contributed by atoms with Gasteiger partial charge in [0.2, 0.25) is 17.6 Å². The smallest absolute Gasteiger partial charge is 0.227 e. The summed E-state index contributed by atoms with van der Waals surface area (Å²) in [4.78, 5) is 26.3. The first-order valence-corrected chi connectivity index (χ1v) is 10.4. The topological polar surface area (TPSA) is 75.4 Å². The number of amides is 1. The van der Waals surface area contributed by atoms with E-state index in [4.69, 9.17) is 4.52 Å². The summed E-state index contributed by atoms with van der Waals surface area (Å²) < 4.78 is 6.23. The molecule has 0 saturated carbocycles. The van der Waals surface area contributed by atoms with Gasteiger partial charge in [-0.15, -0.1) is 11.3 Å². The first-order valence-electron chi connectivity index (χ1n) is 8.70. The highest BCUT2D eigenvalue weighted by Crippen LogP contribution is 2.22. The van der Waals surface area contributed by atoms with E-state index >= 15 is 0 Å². The molecule has 4 heterocycles. The fraction of sp³-hybridized carbons (Fsp3) is 0.333. The standard InChI is InChI=1S/C18H18BrN5O2S/c19-13-3-4-15(20-12-13)23-7-9-24(10-8-23)17(25)6-5-16-21-18(22-26-16)14-2-1-11-27-14/h1-4,11-12H,5-10H2. The van der Waals surface area contributed by atoms with Crippen molar-refractivity contribution in [1.29, 1.82) is 0 Å². The molecule has 1 aliphatic rings. The monoisotopic (exact) mass is 447 g/mol. The lowest BCUT2D eigenvalue weighted by atomic mass is 10.2. The van der Waals surface area contributed by atoms with Crippen LogP contribution in [0.4, 0.5) is 5.82 Å². The maximum atomic E-state index is 12.5. The van der Waals surface area contributed by atoms with Crippen molar-refractivity contribution in [1.82, 2.24) is 20.0 Å². The molecular formula is C18H18BrN5O2S. The Bertz CT molecular complexity index is 889. The third kappa shape index (κ3) is 4.36. The molecule has 0 atom stereocenters. The summed E-state index contributed by atoms with van der Waals surface area (Å²) in [5.74, 6) is 2.15. The number of pyridine rings is 1. The van der Waals surface area contributed by atoms with Gasteiger partial charge in [-0.25, -0.2) is 4.98 Å². The number of piperazine rings is 1. The van der Waals surface area contributed by atoms with E-state index in [0.29, 0.717) is 37.6 Å². The minimum atomic E-state index is 0.120. The molecule has 0 bridgehead atoms. The zero-order valence-corrected chi connectivity index (χ0v) is 16.9. The number of carbonyl (C=O) groups is 1. The van der Waals surface area contributed by atoms with Gasteiger partial charge in [-0.2, -0.15) is 4.98 Å². The highest BCUT2D eigenvalue weighted by molar-refractivity contribution is 9.10. The van der Waals surface area contributed by atoms with Gasteiger partial charge in [0.15, 0.2) is 0 Å². The molecule has 0 spiro atoms. The number of hydrogen-bond acceptors (Lipinski definition) is 7. The van der Waals surface area contributed by atoms with Crippen molar-refractivity contribution >= 4 is 39.0 Å². The van der Waals surface area contributed by atoms with Gasteiger partial charge in [-0.1, -0.05) is 11.2 Å². The van der Waals surface area contributed by atoms with Gasteiger partial charge in [0.1, 0.15) is 5.82 Å². The number of thiophene rings is 1. The zero-order chi connectivity index (χ0) is 18.6. The molecule has 1 amide bonds. The van der Waals surface area contributed by atoms with Crippen molar-refractivity contribution in [3.8, 4) is 10.7 Å². The average molecular weight is 448 g/mol. The van der Waals surface area contributed by atoms with Crippen molar-refractivity contribution in [3.63, 3.8) is 0 Å². The van der Waals surface area contributed by atoms with Crippen LogP contribution in [0, 0.1) is 0 Å². The van der Waals surface area contributed by atoms with Gasteiger partial charge >= 0.3 is 0 Å². The van der Waals surface area contributed by atoms with E-state index in [1.165, 1.54) is 0 Å². The predicted octanol–water partition coefficient (Wildman–Crippen LogP) is 3.24. The summed E-state index contributed by atoms with van der Waals surface area (Å²) in [6.07, 6.45) is 2.63. The number of aromatic nitrogens is 3. The Labute approximate surface area is 169 Å². The van der Waals surface area contributed by atoms with Crippen molar-refractivity contribution in [3.05, 3.63) is 46.2 Å². The normalized spacial score (nSPS) is 14.6. The Balaban J connectivity index is 1.27. The Kier molecular flexibility index (Phi) is 5.49. The molecule has 27 heavy (non-hydrogen) atoms. The van der Waals surface area contributed by atoms with Gasteiger partial charge in [0.05, 0.1) is 4.88 Å². The van der Waals surface area contributed by atoms with Crippen LogP contribution in [0.3, 0.4) is 0 Å². The van der Waals surface area contributed by atoms with Crippen LogP contribution in [0.2, 0.25) is 0 Å². The number of anilines is 1. The number of nitrogens with zero attached hydrogens (tertiary/aromatic N) is 5. The molecule has 0 aliphatic carbocycles. The molecule has 140 valence electrons. The third-order valence-electron chi connectivity index (χ3n) is 4.43. The maximum absolute atomic E-state index is 12.5. The second-order valence-corrected chi connectivity index (χ2v) is 8.05. The first kappa shape index (κ1) is 18.1. The largest absolute Gasteiger partial charge is 0.353 e. The zero-order valence-electron chi connectivity index (χ0n) is 14.5. The molecule has 3 aromatic heterocycles. The number of halogens is 1. The molecule has 0 aromatic carbocycles. The van der Waals surface area contributed by atoms with Crippen molar-refractivity contribution in [2.45, 2.75) is 12.8 Å². The Morgan fingerprint density at radius 1 is 1.22 bits per heavy atom. The predicted molar refractivity (Wildman–Crippen MR) is 107 cm³/mol. The van der Waals surface area contributed by atoms with E-state index in [0.717, 1.165) is 28.3 Å². The summed E-state index contributed by atoms with van der Waals surface area (Å²) in [6, 6.07) is 7.87. The van der Waals surface area contributed by atoms with E-state index in [2.05, 4.69) is 36.0 Å². The fourth-order valence-electron chi connectivity index (χ4n) is 2.97. The Morgan fingerprint density at radius 3 is 2.78 bits per heavy atom. The Morgan fingerprint density at radius 2 is 2.07 bits per heavy atom. The molecule has 0 radical (unpaired) electrons. The second kappa shape index (κ2) is 8.18. The first-order chi connectivity index (χ1) is 13.2. The van der Waals surface area contributed by atoms with Crippen LogP contribution in [0.5, 0.6) is 0 Å². The molecule has 3 aromatic rings. The second-order valence-electron chi connectivity index (χ2n) is 6.19. The highest BCUT2D eigenvalue weighted by Gasteiger charge is 2.22. The molecular weight excluding hydrogens is 430 g/mol. The summed E-state index contributed by atoms with van der Waals surface area (Å²) in [6.45, 7) is 2.95. The number of rotatable bonds is 5. The van der Waals surface area contributed by atoms with Gasteiger partial charge in [0.25, 0.3) is 0 Å².